The lowest BCUT2D eigenvalue weighted by atomic mass is 9.65. The third-order valence-corrected chi connectivity index (χ3v) is 7.36. The van der Waals surface area contributed by atoms with Crippen molar-refractivity contribution in [2.24, 2.45) is 10.8 Å². The van der Waals surface area contributed by atoms with E-state index in [9.17, 15) is 14.4 Å². The summed E-state index contributed by atoms with van der Waals surface area (Å²) in [6.07, 6.45) is 5.89. The first-order valence-electron chi connectivity index (χ1n) is 12.6. The van der Waals surface area contributed by atoms with Crippen LogP contribution in [0.4, 0.5) is 0 Å². The number of fused-ring (bicyclic) bond motifs is 2. The number of nitrogens with one attached hydrogen (secondary N) is 2. The summed E-state index contributed by atoms with van der Waals surface area (Å²) >= 11 is 0. The van der Waals surface area contributed by atoms with Gasteiger partial charge in [-0.05, 0) is 66.0 Å². The van der Waals surface area contributed by atoms with Crippen LogP contribution in [-0.4, -0.2) is 42.5 Å². The normalized spacial score (nSPS) is 16.9. The van der Waals surface area contributed by atoms with Crippen LogP contribution in [0.3, 0.4) is 0 Å². The molecule has 8 heteroatoms. The van der Waals surface area contributed by atoms with Gasteiger partial charge >= 0.3 is 0 Å². The first-order valence-corrected chi connectivity index (χ1v) is 12.6. The molecule has 8 nitrogen and oxygen atoms in total. The maximum absolute atomic E-state index is 12.7. The zero-order valence-electron chi connectivity index (χ0n) is 21.0. The Morgan fingerprint density at radius 2 is 1.58 bits per heavy atom. The summed E-state index contributed by atoms with van der Waals surface area (Å²) < 4.78 is 0. The second kappa shape index (κ2) is 11.0. The van der Waals surface area contributed by atoms with Crippen LogP contribution in [0.15, 0.2) is 41.5 Å². The van der Waals surface area contributed by atoms with E-state index < -0.39 is 5.41 Å². The maximum atomic E-state index is 12.7. The van der Waals surface area contributed by atoms with Crippen LogP contribution in [-0.2, 0) is 45.7 Å². The Balaban J connectivity index is 1.92. The van der Waals surface area contributed by atoms with Gasteiger partial charge in [-0.25, -0.2) is 5.01 Å². The van der Waals surface area contributed by atoms with Gasteiger partial charge in [-0.3, -0.25) is 14.4 Å². The Bertz CT molecular complexity index is 1110. The maximum Gasteiger partial charge on any atom is 0.248 e. The fourth-order valence-electron chi connectivity index (χ4n) is 5.67. The van der Waals surface area contributed by atoms with Crippen LogP contribution < -0.4 is 16.4 Å². The molecule has 36 heavy (non-hydrogen) atoms. The number of nitrogens with two attached hydrogens (primary N) is 1. The highest BCUT2D eigenvalue weighted by Crippen LogP contribution is 2.47. The topological polar surface area (TPSA) is 117 Å². The predicted octanol–water partition coefficient (Wildman–Crippen LogP) is 2.30. The van der Waals surface area contributed by atoms with Crippen LogP contribution >= 0.6 is 0 Å². The molecule has 0 saturated carbocycles. The largest absolute Gasteiger partial charge is 0.355 e. The minimum atomic E-state index is -0.566. The van der Waals surface area contributed by atoms with Crippen LogP contribution in [0.5, 0.6) is 0 Å². The van der Waals surface area contributed by atoms with Gasteiger partial charge in [0.25, 0.3) is 0 Å². The van der Waals surface area contributed by atoms with Gasteiger partial charge in [-0.1, -0.05) is 42.8 Å². The molecular weight excluding hydrogens is 454 g/mol. The third-order valence-electron chi connectivity index (χ3n) is 7.36. The second-order valence-corrected chi connectivity index (χ2v) is 9.90. The van der Waals surface area contributed by atoms with E-state index >= 15 is 0 Å². The highest BCUT2D eigenvalue weighted by molar-refractivity contribution is 6.12. The molecule has 2 aromatic carbocycles. The molecule has 1 aliphatic carbocycles. The Morgan fingerprint density at radius 3 is 2.03 bits per heavy atom. The standard InChI is InChI=1S/C28H35N5O3/c1-19(29)4-3-11-28(26-14-27(36)33(2)32-26)24-9-5-20(15-30-17-34)12-22(24)7-8-23-13-21(16-31-18-35)6-10-25(23)28/h5-6,9-10,12-13,17-19H,3-4,7-8,11,14-16,29H2,1-2H3,(H,30,34)(H,31,35)/t19-/m1/s1. The molecule has 0 radical (unpaired) electrons. The molecule has 4 rings (SSSR count). The number of benzene rings is 2. The fraction of sp³-hybridized carbons (Fsp3) is 0.429. The van der Waals surface area contributed by atoms with Gasteiger partial charge in [-0.2, -0.15) is 5.10 Å². The lowest BCUT2D eigenvalue weighted by Gasteiger charge is -2.37. The molecule has 3 amide bonds. The SMILES string of the molecule is C[C@@H](N)CCCC1(C2=NN(C)C(=O)C2)c2ccc(CNC=O)cc2CCc2cc(CNC=O)ccc21. The van der Waals surface area contributed by atoms with Crippen LogP contribution in [0.1, 0.15) is 66.0 Å². The van der Waals surface area contributed by atoms with Crippen molar-refractivity contribution >= 4 is 24.4 Å². The van der Waals surface area contributed by atoms with E-state index in [0.29, 0.717) is 25.9 Å². The number of hydrogen-bond donors (Lipinski definition) is 3. The number of amides is 3. The average molecular weight is 490 g/mol. The Morgan fingerprint density at radius 1 is 1.03 bits per heavy atom. The zero-order chi connectivity index (χ0) is 25.7. The molecule has 4 N–H and O–H groups in total. The molecule has 0 saturated heterocycles. The van der Waals surface area contributed by atoms with Gasteiger partial charge in [0.05, 0.1) is 17.5 Å². The lowest BCUT2D eigenvalue weighted by molar-refractivity contribution is -0.127. The van der Waals surface area contributed by atoms with Crippen molar-refractivity contribution in [2.45, 2.75) is 70.0 Å². The van der Waals surface area contributed by atoms with Crippen molar-refractivity contribution in [3.05, 3.63) is 69.8 Å². The average Bonchev–Trinajstić information content (AvgIpc) is 3.14. The molecule has 2 aromatic rings. The molecule has 0 spiro atoms. The van der Waals surface area contributed by atoms with Gasteiger partial charge in [0.2, 0.25) is 18.7 Å². The van der Waals surface area contributed by atoms with E-state index in [-0.39, 0.29) is 18.4 Å². The molecule has 0 unspecified atom stereocenters. The summed E-state index contributed by atoms with van der Waals surface area (Å²) in [5.41, 5.74) is 13.2. The highest BCUT2D eigenvalue weighted by atomic mass is 16.2. The van der Waals surface area contributed by atoms with Crippen molar-refractivity contribution in [3.8, 4) is 0 Å². The van der Waals surface area contributed by atoms with E-state index in [2.05, 4.69) is 47.0 Å². The van der Waals surface area contributed by atoms with Crippen LogP contribution in [0.2, 0.25) is 0 Å². The highest BCUT2D eigenvalue weighted by Gasteiger charge is 2.46. The minimum Gasteiger partial charge on any atom is -0.355 e. The summed E-state index contributed by atoms with van der Waals surface area (Å²) in [7, 11) is 1.71. The predicted molar refractivity (Wildman–Crippen MR) is 139 cm³/mol. The van der Waals surface area contributed by atoms with Crippen molar-refractivity contribution < 1.29 is 14.4 Å². The number of carbonyl (C=O) groups excluding carboxylic acids is 3. The third kappa shape index (κ3) is 5.04. The monoisotopic (exact) mass is 489 g/mol. The first-order chi connectivity index (χ1) is 17.4. The zero-order valence-corrected chi connectivity index (χ0v) is 21.0. The van der Waals surface area contributed by atoms with Crippen molar-refractivity contribution in [2.75, 3.05) is 7.05 Å². The lowest BCUT2D eigenvalue weighted by Crippen LogP contribution is -2.38. The summed E-state index contributed by atoms with van der Waals surface area (Å²) in [4.78, 5) is 34.5. The van der Waals surface area contributed by atoms with Crippen LogP contribution in [0.25, 0.3) is 0 Å². The number of rotatable bonds is 11. The summed E-state index contributed by atoms with van der Waals surface area (Å²) in [6, 6.07) is 12.9. The molecular formula is C28H35N5O3. The molecule has 1 heterocycles. The van der Waals surface area contributed by atoms with Crippen LogP contribution in [0, 0.1) is 0 Å². The molecule has 0 aromatic heterocycles. The van der Waals surface area contributed by atoms with E-state index in [0.717, 1.165) is 48.9 Å². The van der Waals surface area contributed by atoms with Crippen molar-refractivity contribution in [1.82, 2.24) is 15.6 Å². The molecule has 190 valence electrons. The van der Waals surface area contributed by atoms with E-state index in [4.69, 9.17) is 10.8 Å². The number of hydrazone groups is 1. The van der Waals surface area contributed by atoms with E-state index in [1.165, 1.54) is 27.3 Å². The molecule has 1 aliphatic heterocycles. The Labute approximate surface area is 212 Å². The van der Waals surface area contributed by atoms with E-state index in [1.54, 1.807) is 7.05 Å². The minimum absolute atomic E-state index is 0.0116. The smallest absolute Gasteiger partial charge is 0.248 e. The number of aryl methyl sites for hydroxylation is 2. The summed E-state index contributed by atoms with van der Waals surface area (Å²) in [5, 5.41) is 11.8. The van der Waals surface area contributed by atoms with Gasteiger partial charge < -0.3 is 16.4 Å². The number of hydrogen-bond acceptors (Lipinski definition) is 5. The van der Waals surface area contributed by atoms with Gasteiger partial charge in [0.15, 0.2) is 0 Å². The summed E-state index contributed by atoms with van der Waals surface area (Å²) in [5.74, 6) is -0.0116. The molecule has 2 aliphatic rings. The summed E-state index contributed by atoms with van der Waals surface area (Å²) in [6.45, 7) is 2.95. The van der Waals surface area contributed by atoms with Gasteiger partial charge in [0.1, 0.15) is 0 Å². The Hall–Kier alpha value is -3.52. The fourth-order valence-corrected chi connectivity index (χ4v) is 5.67. The van der Waals surface area contributed by atoms with Crippen molar-refractivity contribution in [3.63, 3.8) is 0 Å². The second-order valence-electron chi connectivity index (χ2n) is 9.90. The van der Waals surface area contributed by atoms with E-state index in [1.807, 2.05) is 6.92 Å². The van der Waals surface area contributed by atoms with Gasteiger partial charge in [-0.15, -0.1) is 0 Å². The van der Waals surface area contributed by atoms with Gasteiger partial charge in [0, 0.05) is 26.2 Å². The number of nitrogens with zero attached hydrogens (tertiary/aromatic N) is 2. The molecule has 0 bridgehead atoms. The Kier molecular flexibility index (Phi) is 7.84. The molecule has 0 fully saturated rings. The number of carbonyl (C=O) groups is 3. The quantitative estimate of drug-likeness (QED) is 0.420. The first kappa shape index (κ1) is 25.6. The van der Waals surface area contributed by atoms with Crippen molar-refractivity contribution in [1.29, 1.82) is 0 Å². The molecule has 1 atom stereocenters.